The van der Waals surface area contributed by atoms with Crippen LogP contribution in [0, 0.1) is 6.92 Å². The van der Waals surface area contributed by atoms with Crippen LogP contribution in [-0.2, 0) is 14.8 Å². The van der Waals surface area contributed by atoms with Gasteiger partial charge in [0.05, 0.1) is 31.7 Å². The van der Waals surface area contributed by atoms with E-state index in [9.17, 15) is 13.2 Å². The molecule has 0 aliphatic rings. The number of sulfonamides is 1. The molecule has 0 atom stereocenters. The van der Waals surface area contributed by atoms with E-state index >= 15 is 0 Å². The number of hydrogen-bond acceptors (Lipinski definition) is 6. The Balaban J connectivity index is 1.75. The Kier molecular flexibility index (Phi) is 6.60. The van der Waals surface area contributed by atoms with Crippen molar-refractivity contribution in [1.82, 2.24) is 9.97 Å². The van der Waals surface area contributed by atoms with Crippen molar-refractivity contribution >= 4 is 73.2 Å². The molecule has 0 spiro atoms. The van der Waals surface area contributed by atoms with Gasteiger partial charge in [0.15, 0.2) is 11.6 Å². The lowest BCUT2D eigenvalue weighted by Gasteiger charge is -2.15. The lowest BCUT2D eigenvalue weighted by Crippen LogP contribution is -2.16. The highest BCUT2D eigenvalue weighted by Crippen LogP contribution is 2.35. The molecule has 1 aromatic heterocycles. The maximum atomic E-state index is 13.2. The largest absolute Gasteiger partial charge is 0.337 e. The molecule has 0 saturated heterocycles. The predicted octanol–water partition coefficient (Wildman–Crippen LogP) is 5.75. The highest BCUT2D eigenvalue weighted by Gasteiger charge is 2.22. The van der Waals surface area contributed by atoms with Gasteiger partial charge in [-0.25, -0.2) is 18.4 Å². The minimum absolute atomic E-state index is 0.00235. The number of aromatic nitrogens is 2. The van der Waals surface area contributed by atoms with E-state index in [1.54, 1.807) is 18.2 Å². The van der Waals surface area contributed by atoms with E-state index in [1.165, 1.54) is 19.1 Å². The normalized spacial score (nSPS) is 11.3. The average Bonchev–Trinajstić information content (AvgIpc) is 2.77. The molecule has 0 unspecified atom stereocenters. The molecule has 0 radical (unpaired) electrons. The van der Waals surface area contributed by atoms with Crippen LogP contribution in [-0.4, -0.2) is 24.3 Å². The van der Waals surface area contributed by atoms with Crippen molar-refractivity contribution < 1.29 is 13.2 Å². The fraction of sp³-hybridized carbons (Fsp3) is 0.0870. The van der Waals surface area contributed by atoms with E-state index in [-0.39, 0.29) is 32.3 Å². The summed E-state index contributed by atoms with van der Waals surface area (Å²) in [4.78, 5) is 20.2. The highest BCUT2D eigenvalue weighted by molar-refractivity contribution is 7.92. The number of nitrogens with one attached hydrogen (secondary N) is 3. The number of fused-ring (bicyclic) bond motifs is 1. The first kappa shape index (κ1) is 23.7. The Hall–Kier alpha value is -3.40. The second kappa shape index (κ2) is 9.46. The SMILES string of the molecule is CC(=O)Nc1c(Cl)cc(S(=O)(=O)Nc2nc3ccccc3nc2Nc2ccc(C)cc2)cc1Cl. The molecule has 4 rings (SSSR count). The van der Waals surface area contributed by atoms with Crippen molar-refractivity contribution in [3.8, 4) is 0 Å². The highest BCUT2D eigenvalue weighted by atomic mass is 35.5. The fourth-order valence-corrected chi connectivity index (χ4v) is 4.89. The molecule has 0 aliphatic carbocycles. The van der Waals surface area contributed by atoms with Crippen LogP contribution in [0.1, 0.15) is 12.5 Å². The zero-order chi connectivity index (χ0) is 24.5. The summed E-state index contributed by atoms with van der Waals surface area (Å²) in [5.41, 5.74) is 3.01. The molecule has 0 aliphatic heterocycles. The van der Waals surface area contributed by atoms with Gasteiger partial charge < -0.3 is 10.6 Å². The number of anilines is 4. The number of carbonyl (C=O) groups is 1. The third-order valence-corrected chi connectivity index (χ3v) is 6.66. The molecule has 1 heterocycles. The van der Waals surface area contributed by atoms with Gasteiger partial charge in [0, 0.05) is 12.6 Å². The number of carbonyl (C=O) groups excluding carboxylic acids is 1. The van der Waals surface area contributed by atoms with E-state index in [0.717, 1.165) is 5.56 Å². The van der Waals surface area contributed by atoms with Crippen LogP contribution in [0.15, 0.2) is 65.6 Å². The van der Waals surface area contributed by atoms with Crippen LogP contribution >= 0.6 is 23.2 Å². The van der Waals surface area contributed by atoms with Gasteiger partial charge in [0.2, 0.25) is 5.91 Å². The summed E-state index contributed by atoms with van der Waals surface area (Å²) in [5.74, 6) is -0.175. The Morgan fingerprint density at radius 2 is 1.44 bits per heavy atom. The molecule has 11 heteroatoms. The average molecular weight is 516 g/mol. The summed E-state index contributed by atoms with van der Waals surface area (Å²) in [6.45, 7) is 3.26. The van der Waals surface area contributed by atoms with E-state index in [2.05, 4.69) is 25.3 Å². The summed E-state index contributed by atoms with van der Waals surface area (Å²) in [6, 6.07) is 17.0. The third-order valence-electron chi connectivity index (χ3n) is 4.74. The molecule has 4 aromatic rings. The van der Waals surface area contributed by atoms with Crippen molar-refractivity contribution in [2.75, 3.05) is 15.4 Å². The van der Waals surface area contributed by atoms with Gasteiger partial charge >= 0.3 is 0 Å². The third kappa shape index (κ3) is 5.22. The monoisotopic (exact) mass is 515 g/mol. The predicted molar refractivity (Wildman–Crippen MR) is 136 cm³/mol. The summed E-state index contributed by atoms with van der Waals surface area (Å²) in [5, 5.41) is 5.55. The van der Waals surface area contributed by atoms with Crippen LogP contribution in [0.5, 0.6) is 0 Å². The summed E-state index contributed by atoms with van der Waals surface area (Å²) in [7, 11) is -4.17. The van der Waals surface area contributed by atoms with E-state index in [0.29, 0.717) is 16.7 Å². The molecule has 3 N–H and O–H groups in total. The second-order valence-electron chi connectivity index (χ2n) is 7.45. The zero-order valence-corrected chi connectivity index (χ0v) is 20.4. The summed E-state index contributed by atoms with van der Waals surface area (Å²) in [6.07, 6.45) is 0. The first-order valence-electron chi connectivity index (χ1n) is 10.0. The van der Waals surface area contributed by atoms with Crippen molar-refractivity contribution in [1.29, 1.82) is 0 Å². The van der Waals surface area contributed by atoms with Crippen molar-refractivity contribution in [2.45, 2.75) is 18.7 Å². The number of halogens is 2. The minimum atomic E-state index is -4.17. The lowest BCUT2D eigenvalue weighted by atomic mass is 10.2. The maximum Gasteiger partial charge on any atom is 0.263 e. The Morgan fingerprint density at radius 3 is 2.00 bits per heavy atom. The van der Waals surface area contributed by atoms with Crippen LogP contribution in [0.3, 0.4) is 0 Å². The number of para-hydroxylation sites is 2. The van der Waals surface area contributed by atoms with Crippen LogP contribution < -0.4 is 15.4 Å². The van der Waals surface area contributed by atoms with E-state index < -0.39 is 15.9 Å². The Labute approximate surface area is 206 Å². The quantitative estimate of drug-likeness (QED) is 0.301. The Bertz CT molecular complexity index is 1490. The van der Waals surface area contributed by atoms with Crippen LogP contribution in [0.2, 0.25) is 10.0 Å². The topological polar surface area (TPSA) is 113 Å². The molecular weight excluding hydrogens is 497 g/mol. The van der Waals surface area contributed by atoms with Crippen LogP contribution in [0.4, 0.5) is 23.0 Å². The number of aryl methyl sites for hydroxylation is 1. The van der Waals surface area contributed by atoms with Crippen molar-refractivity contribution in [2.24, 2.45) is 0 Å². The molecule has 8 nitrogen and oxygen atoms in total. The fourth-order valence-electron chi connectivity index (χ4n) is 3.12. The lowest BCUT2D eigenvalue weighted by molar-refractivity contribution is -0.114. The van der Waals surface area contributed by atoms with Crippen molar-refractivity contribution in [3.63, 3.8) is 0 Å². The van der Waals surface area contributed by atoms with Gasteiger partial charge in [-0.2, -0.15) is 0 Å². The molecule has 0 fully saturated rings. The number of nitrogens with zero attached hydrogens (tertiary/aromatic N) is 2. The molecule has 34 heavy (non-hydrogen) atoms. The number of hydrogen-bond donors (Lipinski definition) is 3. The molecule has 0 bridgehead atoms. The van der Waals surface area contributed by atoms with Gasteiger partial charge in [-0.05, 0) is 43.3 Å². The van der Waals surface area contributed by atoms with Gasteiger partial charge in [-0.1, -0.05) is 53.0 Å². The minimum Gasteiger partial charge on any atom is -0.337 e. The van der Waals surface area contributed by atoms with Gasteiger partial charge in [0.1, 0.15) is 0 Å². The molecule has 0 saturated carbocycles. The number of benzene rings is 3. The van der Waals surface area contributed by atoms with E-state index in [1.807, 2.05) is 37.3 Å². The van der Waals surface area contributed by atoms with Gasteiger partial charge in [0.25, 0.3) is 10.0 Å². The van der Waals surface area contributed by atoms with Crippen LogP contribution in [0.25, 0.3) is 11.0 Å². The molecule has 1 amide bonds. The van der Waals surface area contributed by atoms with Gasteiger partial charge in [-0.3, -0.25) is 9.52 Å². The molecule has 174 valence electrons. The standard InChI is InChI=1S/C23H19Cl2N5O3S/c1-13-7-9-15(10-8-13)27-22-23(29-20-6-4-3-5-19(20)28-22)30-34(32,33)16-11-17(24)21(18(25)12-16)26-14(2)31/h3-12H,1-2H3,(H,26,31)(H,27,28)(H,29,30). The summed E-state index contributed by atoms with van der Waals surface area (Å²) >= 11 is 12.4. The number of rotatable bonds is 6. The van der Waals surface area contributed by atoms with Gasteiger partial charge in [-0.15, -0.1) is 0 Å². The number of amides is 1. The maximum absolute atomic E-state index is 13.2. The zero-order valence-electron chi connectivity index (χ0n) is 18.1. The molecular formula is C23H19Cl2N5O3S. The first-order valence-corrected chi connectivity index (χ1v) is 12.3. The van der Waals surface area contributed by atoms with Crippen molar-refractivity contribution in [3.05, 3.63) is 76.3 Å². The van der Waals surface area contributed by atoms with E-state index in [4.69, 9.17) is 23.2 Å². The first-order chi connectivity index (χ1) is 16.1. The molecule has 3 aromatic carbocycles. The second-order valence-corrected chi connectivity index (χ2v) is 9.95. The Morgan fingerprint density at radius 1 is 0.882 bits per heavy atom. The smallest absolute Gasteiger partial charge is 0.263 e. The summed E-state index contributed by atoms with van der Waals surface area (Å²) < 4.78 is 28.9.